The molecule has 1 aliphatic rings. The van der Waals surface area contributed by atoms with E-state index in [9.17, 15) is 18.0 Å². The molecule has 0 spiro atoms. The smallest absolute Gasteiger partial charge is 0.433 e. The zero-order chi connectivity index (χ0) is 16.0. The molecule has 0 bridgehead atoms. The summed E-state index contributed by atoms with van der Waals surface area (Å²) in [5, 5.41) is 0.309. The van der Waals surface area contributed by atoms with E-state index in [0.717, 1.165) is 0 Å². The first-order chi connectivity index (χ1) is 10.3. The second-order valence-corrected chi connectivity index (χ2v) is 5.49. The summed E-state index contributed by atoms with van der Waals surface area (Å²) in [6.07, 6.45) is -5.20. The molecule has 1 heterocycles. The van der Waals surface area contributed by atoms with Crippen LogP contribution >= 0.6 is 11.6 Å². The first-order valence-electron chi connectivity index (χ1n) is 6.47. The molecule has 0 N–H and O–H groups in total. The molecule has 0 unspecified atom stereocenters. The molecule has 0 saturated heterocycles. The van der Waals surface area contributed by atoms with Crippen LogP contribution in [0.15, 0.2) is 48.5 Å². The molecular formula is C16H10ClF3O2. The van der Waals surface area contributed by atoms with Gasteiger partial charge in [-0.05, 0) is 23.8 Å². The van der Waals surface area contributed by atoms with Crippen molar-refractivity contribution in [2.24, 2.45) is 0 Å². The van der Waals surface area contributed by atoms with Crippen LogP contribution in [-0.4, -0.2) is 12.1 Å². The molecule has 114 valence electrons. The minimum absolute atomic E-state index is 0.146. The summed E-state index contributed by atoms with van der Waals surface area (Å²) in [7, 11) is 0. The van der Waals surface area contributed by atoms with Gasteiger partial charge >= 0.3 is 12.1 Å². The summed E-state index contributed by atoms with van der Waals surface area (Å²) in [4.78, 5) is 12.0. The van der Waals surface area contributed by atoms with E-state index in [4.69, 9.17) is 16.3 Å². The van der Waals surface area contributed by atoms with E-state index in [-0.39, 0.29) is 11.1 Å². The number of rotatable bonds is 1. The number of alkyl halides is 3. The fraction of sp³-hybridized carbons (Fsp3) is 0.188. The molecule has 0 saturated carbocycles. The van der Waals surface area contributed by atoms with Crippen molar-refractivity contribution in [1.82, 2.24) is 0 Å². The van der Waals surface area contributed by atoms with Crippen molar-refractivity contribution in [2.75, 3.05) is 0 Å². The van der Waals surface area contributed by atoms with Crippen LogP contribution in [0.5, 0.6) is 0 Å². The van der Waals surface area contributed by atoms with Gasteiger partial charge in [0.1, 0.15) is 0 Å². The highest BCUT2D eigenvalue weighted by molar-refractivity contribution is 6.30. The first kappa shape index (κ1) is 14.9. The van der Waals surface area contributed by atoms with E-state index >= 15 is 0 Å². The number of esters is 1. The third-order valence-electron chi connectivity index (χ3n) is 3.71. The van der Waals surface area contributed by atoms with Gasteiger partial charge in [0.2, 0.25) is 5.60 Å². The van der Waals surface area contributed by atoms with E-state index in [1.54, 1.807) is 12.1 Å². The Balaban J connectivity index is 2.18. The summed E-state index contributed by atoms with van der Waals surface area (Å²) in [5.74, 6) is -0.978. The molecule has 2 aromatic rings. The molecule has 2 aromatic carbocycles. The normalized spacial score (nSPS) is 21.2. The van der Waals surface area contributed by atoms with Gasteiger partial charge in [-0.2, -0.15) is 13.2 Å². The maximum Gasteiger partial charge on any atom is 0.433 e. The number of hydrogen-bond donors (Lipinski definition) is 0. The van der Waals surface area contributed by atoms with Gasteiger partial charge in [-0.1, -0.05) is 41.9 Å². The molecular weight excluding hydrogens is 317 g/mol. The fourth-order valence-electron chi connectivity index (χ4n) is 2.59. The number of carbonyl (C=O) groups excluding carboxylic acids is 1. The highest BCUT2D eigenvalue weighted by atomic mass is 35.5. The summed E-state index contributed by atoms with van der Waals surface area (Å²) in [5.41, 5.74) is -2.36. The van der Waals surface area contributed by atoms with Gasteiger partial charge in [0.15, 0.2) is 0 Å². The molecule has 0 amide bonds. The lowest BCUT2D eigenvalue weighted by atomic mass is 9.82. The van der Waals surface area contributed by atoms with Crippen LogP contribution in [0.2, 0.25) is 5.02 Å². The van der Waals surface area contributed by atoms with Gasteiger partial charge in [-0.15, -0.1) is 0 Å². The Labute approximate surface area is 129 Å². The number of fused-ring (bicyclic) bond motifs is 1. The lowest BCUT2D eigenvalue weighted by Gasteiger charge is -2.39. The lowest BCUT2D eigenvalue weighted by molar-refractivity contribution is -0.267. The van der Waals surface area contributed by atoms with Crippen molar-refractivity contribution < 1.29 is 22.7 Å². The van der Waals surface area contributed by atoms with Crippen LogP contribution in [0.3, 0.4) is 0 Å². The molecule has 2 nitrogen and oxygen atoms in total. The van der Waals surface area contributed by atoms with Crippen molar-refractivity contribution in [3.05, 3.63) is 70.2 Å². The zero-order valence-corrected chi connectivity index (χ0v) is 11.9. The average Bonchev–Trinajstić information content (AvgIpc) is 2.46. The average molecular weight is 327 g/mol. The quantitative estimate of drug-likeness (QED) is 0.721. The van der Waals surface area contributed by atoms with Gasteiger partial charge in [0, 0.05) is 17.0 Å². The van der Waals surface area contributed by atoms with Gasteiger partial charge in [-0.25, -0.2) is 4.79 Å². The fourth-order valence-corrected chi connectivity index (χ4v) is 2.72. The van der Waals surface area contributed by atoms with Crippen molar-refractivity contribution in [3.63, 3.8) is 0 Å². The van der Waals surface area contributed by atoms with E-state index in [0.29, 0.717) is 10.6 Å². The van der Waals surface area contributed by atoms with Crippen LogP contribution < -0.4 is 0 Å². The molecule has 3 rings (SSSR count). The Morgan fingerprint density at radius 3 is 2.32 bits per heavy atom. The minimum atomic E-state index is -4.75. The number of hydrogen-bond acceptors (Lipinski definition) is 2. The van der Waals surface area contributed by atoms with E-state index < -0.39 is 24.2 Å². The van der Waals surface area contributed by atoms with Crippen molar-refractivity contribution in [3.8, 4) is 0 Å². The highest BCUT2D eigenvalue weighted by Crippen LogP contribution is 2.48. The first-order valence-corrected chi connectivity index (χ1v) is 6.85. The van der Waals surface area contributed by atoms with Crippen molar-refractivity contribution in [1.29, 1.82) is 0 Å². The monoisotopic (exact) mass is 326 g/mol. The van der Waals surface area contributed by atoms with E-state index in [1.165, 1.54) is 36.4 Å². The maximum atomic E-state index is 13.7. The Morgan fingerprint density at radius 1 is 1.05 bits per heavy atom. The Morgan fingerprint density at radius 2 is 1.68 bits per heavy atom. The minimum Gasteiger partial charge on any atom is -0.440 e. The summed E-state index contributed by atoms with van der Waals surface area (Å²) in [6.45, 7) is 0. The SMILES string of the molecule is O=C1O[C@@](c2ccc(Cl)cc2)(C(F)(F)F)Cc2ccccc21. The van der Waals surface area contributed by atoms with Gasteiger partial charge in [-0.3, -0.25) is 0 Å². The Bertz CT molecular complexity index is 725. The molecule has 0 aromatic heterocycles. The molecule has 0 fully saturated rings. The largest absolute Gasteiger partial charge is 0.440 e. The van der Waals surface area contributed by atoms with E-state index in [2.05, 4.69) is 0 Å². The number of benzene rings is 2. The summed E-state index contributed by atoms with van der Waals surface area (Å²) >= 11 is 5.73. The van der Waals surface area contributed by atoms with Crippen LogP contribution in [0.1, 0.15) is 21.5 Å². The van der Waals surface area contributed by atoms with Crippen LogP contribution in [0, 0.1) is 0 Å². The van der Waals surface area contributed by atoms with Crippen molar-refractivity contribution >= 4 is 17.6 Å². The third-order valence-corrected chi connectivity index (χ3v) is 3.96. The lowest BCUT2D eigenvalue weighted by Crippen LogP contribution is -2.50. The van der Waals surface area contributed by atoms with Crippen LogP contribution in [-0.2, 0) is 16.8 Å². The third kappa shape index (κ3) is 2.25. The number of carbonyl (C=O) groups is 1. The maximum absolute atomic E-state index is 13.7. The molecule has 22 heavy (non-hydrogen) atoms. The Hall–Kier alpha value is -2.01. The number of ether oxygens (including phenoxy) is 1. The number of halogens is 4. The van der Waals surface area contributed by atoms with E-state index in [1.807, 2.05) is 0 Å². The standard InChI is InChI=1S/C16H10ClF3O2/c17-12-7-5-11(6-8-12)15(16(18,19)20)9-10-3-1-2-4-13(10)14(21)22-15/h1-8H,9H2/t15-/m0/s1. The molecule has 0 aliphatic carbocycles. The second-order valence-electron chi connectivity index (χ2n) is 5.06. The zero-order valence-electron chi connectivity index (χ0n) is 11.2. The second kappa shape index (κ2) is 5.02. The molecule has 0 radical (unpaired) electrons. The molecule has 6 heteroatoms. The number of cyclic esters (lactones) is 1. The highest BCUT2D eigenvalue weighted by Gasteiger charge is 2.61. The van der Waals surface area contributed by atoms with Gasteiger partial charge in [0.25, 0.3) is 0 Å². The van der Waals surface area contributed by atoms with Crippen LogP contribution in [0.25, 0.3) is 0 Å². The molecule has 1 atom stereocenters. The van der Waals surface area contributed by atoms with Crippen molar-refractivity contribution in [2.45, 2.75) is 18.2 Å². The summed E-state index contributed by atoms with van der Waals surface area (Å²) < 4.78 is 46.1. The predicted molar refractivity (Wildman–Crippen MR) is 74.7 cm³/mol. The van der Waals surface area contributed by atoms with Gasteiger partial charge < -0.3 is 4.74 Å². The molecule has 1 aliphatic heterocycles. The summed E-state index contributed by atoms with van der Waals surface area (Å²) in [6, 6.07) is 11.3. The topological polar surface area (TPSA) is 26.3 Å². The Kier molecular flexibility index (Phi) is 3.40. The van der Waals surface area contributed by atoms with Gasteiger partial charge in [0.05, 0.1) is 5.56 Å². The van der Waals surface area contributed by atoms with Crippen LogP contribution in [0.4, 0.5) is 13.2 Å². The predicted octanol–water partition coefficient (Wildman–Crippen LogP) is 4.51.